The number of hydrogen-bond donors (Lipinski definition) is 1. The monoisotopic (exact) mass is 361 g/mol. The summed E-state index contributed by atoms with van der Waals surface area (Å²) in [6.07, 6.45) is 0. The van der Waals surface area contributed by atoms with Crippen LogP contribution in [0.5, 0.6) is 0 Å². The Hall–Kier alpha value is -1.80. The van der Waals surface area contributed by atoms with Crippen LogP contribution in [0, 0.1) is 0 Å². The zero-order valence-corrected chi connectivity index (χ0v) is 14.6. The number of thiazole rings is 1. The average Bonchev–Trinajstić information content (AvgIpc) is 3.25. The molecule has 1 aromatic carbocycles. The number of halogens is 1. The van der Waals surface area contributed by atoms with Gasteiger partial charge in [0.15, 0.2) is 5.82 Å². The second kappa shape index (κ2) is 6.60. The maximum absolute atomic E-state index is 6.05. The van der Waals surface area contributed by atoms with Gasteiger partial charge < -0.3 is 9.84 Å². The van der Waals surface area contributed by atoms with E-state index in [1.165, 1.54) is 11.3 Å². The summed E-state index contributed by atoms with van der Waals surface area (Å²) < 4.78 is 5.43. The molecule has 2 aromatic heterocycles. The summed E-state index contributed by atoms with van der Waals surface area (Å²) in [7, 11) is 2.07. The summed E-state index contributed by atoms with van der Waals surface area (Å²) in [5.74, 6) is 1.14. The molecular weight excluding hydrogens is 346 g/mol. The van der Waals surface area contributed by atoms with Gasteiger partial charge in [0.05, 0.1) is 6.04 Å². The molecule has 1 N–H and O–H groups in total. The summed E-state index contributed by atoms with van der Waals surface area (Å²) in [6.45, 7) is 2.76. The van der Waals surface area contributed by atoms with E-state index in [9.17, 15) is 0 Å². The fourth-order valence-electron chi connectivity index (χ4n) is 2.69. The first-order chi connectivity index (χ1) is 11.7. The van der Waals surface area contributed by atoms with Crippen LogP contribution in [-0.2, 0) is 0 Å². The summed E-state index contributed by atoms with van der Waals surface area (Å²) in [5.41, 5.74) is 1.68. The van der Waals surface area contributed by atoms with E-state index in [1.807, 2.05) is 29.6 Å². The predicted molar refractivity (Wildman–Crippen MR) is 94.1 cm³/mol. The lowest BCUT2D eigenvalue weighted by atomic mass is 10.2. The Labute approximate surface area is 148 Å². The van der Waals surface area contributed by atoms with E-state index in [4.69, 9.17) is 16.1 Å². The first-order valence-electron chi connectivity index (χ1n) is 7.67. The number of nitrogens with one attached hydrogen (secondary N) is 1. The molecule has 3 aromatic rings. The van der Waals surface area contributed by atoms with Crippen LogP contribution in [0.1, 0.15) is 11.9 Å². The van der Waals surface area contributed by atoms with E-state index in [1.54, 1.807) is 0 Å². The molecule has 1 unspecified atom stereocenters. The Kier molecular flexibility index (Phi) is 4.32. The number of benzene rings is 1. The van der Waals surface area contributed by atoms with E-state index in [0.29, 0.717) is 22.4 Å². The van der Waals surface area contributed by atoms with E-state index in [0.717, 1.165) is 30.2 Å². The fraction of sp³-hybridized carbons (Fsp3) is 0.312. The quantitative estimate of drug-likeness (QED) is 0.773. The lowest BCUT2D eigenvalue weighted by Crippen LogP contribution is -2.44. The van der Waals surface area contributed by atoms with Crippen molar-refractivity contribution in [1.29, 1.82) is 0 Å². The molecular formula is C16H16ClN5OS. The molecule has 0 radical (unpaired) electrons. The van der Waals surface area contributed by atoms with Crippen LogP contribution >= 0.6 is 22.9 Å². The van der Waals surface area contributed by atoms with Crippen LogP contribution in [0.15, 0.2) is 34.2 Å². The minimum absolute atomic E-state index is 0.127. The number of hydrogen-bond acceptors (Lipinski definition) is 7. The molecule has 1 fully saturated rings. The van der Waals surface area contributed by atoms with Crippen molar-refractivity contribution in [3.05, 3.63) is 40.5 Å². The third-order valence-electron chi connectivity index (χ3n) is 4.05. The number of aromatic nitrogens is 3. The van der Waals surface area contributed by atoms with E-state index >= 15 is 0 Å². The Morgan fingerprint density at radius 2 is 2.29 bits per heavy atom. The minimum atomic E-state index is 0.127. The summed E-state index contributed by atoms with van der Waals surface area (Å²) in [6, 6.07) is 7.76. The maximum atomic E-state index is 6.05. The minimum Gasteiger partial charge on any atom is -0.332 e. The predicted octanol–water partition coefficient (Wildman–Crippen LogP) is 3.09. The zero-order valence-electron chi connectivity index (χ0n) is 13.1. The lowest BCUT2D eigenvalue weighted by molar-refractivity contribution is 0.190. The van der Waals surface area contributed by atoms with Crippen LogP contribution in [0.4, 0.5) is 0 Å². The zero-order chi connectivity index (χ0) is 16.5. The van der Waals surface area contributed by atoms with Crippen LogP contribution in [0.25, 0.3) is 22.2 Å². The summed E-state index contributed by atoms with van der Waals surface area (Å²) in [4.78, 5) is 11.4. The highest BCUT2D eigenvalue weighted by atomic mass is 35.5. The Balaban J connectivity index is 1.59. The molecule has 0 amide bonds. The van der Waals surface area contributed by atoms with Crippen molar-refractivity contribution in [2.75, 3.05) is 26.7 Å². The SMILES string of the molecule is CN1CCNCC1c1noc(-c2csc(-c3cccc(Cl)c3)n2)n1. The third kappa shape index (κ3) is 3.08. The van der Waals surface area contributed by atoms with Gasteiger partial charge in [-0.15, -0.1) is 11.3 Å². The molecule has 1 aliphatic rings. The molecule has 0 aliphatic carbocycles. The van der Waals surface area contributed by atoms with Gasteiger partial charge in [-0.05, 0) is 19.2 Å². The molecule has 0 bridgehead atoms. The smallest absolute Gasteiger partial charge is 0.277 e. The Morgan fingerprint density at radius 1 is 1.38 bits per heavy atom. The standard InChI is InChI=1S/C16H16ClN5OS/c1-22-6-5-18-8-13(22)14-20-15(23-21-14)12-9-24-16(19-12)10-3-2-4-11(17)7-10/h2-4,7,9,13,18H,5-6,8H2,1H3. The van der Waals surface area contributed by atoms with E-state index in [-0.39, 0.29) is 6.04 Å². The second-order valence-electron chi connectivity index (χ2n) is 5.71. The maximum Gasteiger partial charge on any atom is 0.277 e. The van der Waals surface area contributed by atoms with Crippen molar-refractivity contribution in [2.45, 2.75) is 6.04 Å². The van der Waals surface area contributed by atoms with Gasteiger partial charge in [-0.1, -0.05) is 28.9 Å². The number of rotatable bonds is 3. The highest BCUT2D eigenvalue weighted by Crippen LogP contribution is 2.30. The van der Waals surface area contributed by atoms with Gasteiger partial charge in [-0.2, -0.15) is 4.98 Å². The number of piperazine rings is 1. The second-order valence-corrected chi connectivity index (χ2v) is 7.00. The molecule has 6 nitrogen and oxygen atoms in total. The first-order valence-corrected chi connectivity index (χ1v) is 8.93. The van der Waals surface area contributed by atoms with Crippen molar-refractivity contribution in [3.8, 4) is 22.2 Å². The molecule has 1 atom stereocenters. The largest absolute Gasteiger partial charge is 0.332 e. The molecule has 3 heterocycles. The molecule has 24 heavy (non-hydrogen) atoms. The third-order valence-corrected chi connectivity index (χ3v) is 5.17. The van der Waals surface area contributed by atoms with Crippen molar-refractivity contribution < 1.29 is 4.52 Å². The summed E-state index contributed by atoms with van der Waals surface area (Å²) in [5, 5.41) is 11.0. The topological polar surface area (TPSA) is 67.1 Å². The Bertz CT molecular complexity index is 848. The number of nitrogens with zero attached hydrogens (tertiary/aromatic N) is 4. The van der Waals surface area contributed by atoms with Gasteiger partial charge in [0, 0.05) is 35.6 Å². The van der Waals surface area contributed by atoms with E-state index in [2.05, 4.69) is 32.4 Å². The molecule has 8 heteroatoms. The van der Waals surface area contributed by atoms with Crippen LogP contribution < -0.4 is 5.32 Å². The lowest BCUT2D eigenvalue weighted by Gasteiger charge is -2.30. The number of likely N-dealkylation sites (N-methyl/N-ethyl adjacent to an activating group) is 1. The van der Waals surface area contributed by atoms with Crippen LogP contribution in [0.2, 0.25) is 5.02 Å². The van der Waals surface area contributed by atoms with Gasteiger partial charge >= 0.3 is 0 Å². The van der Waals surface area contributed by atoms with Crippen molar-refractivity contribution in [2.24, 2.45) is 0 Å². The van der Waals surface area contributed by atoms with Gasteiger partial charge in [0.25, 0.3) is 5.89 Å². The van der Waals surface area contributed by atoms with Crippen LogP contribution in [0.3, 0.4) is 0 Å². The van der Waals surface area contributed by atoms with Crippen molar-refractivity contribution in [1.82, 2.24) is 25.3 Å². The van der Waals surface area contributed by atoms with Gasteiger partial charge in [-0.25, -0.2) is 4.98 Å². The van der Waals surface area contributed by atoms with Crippen LogP contribution in [-0.4, -0.2) is 46.7 Å². The van der Waals surface area contributed by atoms with Crippen molar-refractivity contribution in [3.63, 3.8) is 0 Å². The average molecular weight is 362 g/mol. The first kappa shape index (κ1) is 15.7. The normalized spacial score (nSPS) is 18.8. The fourth-order valence-corrected chi connectivity index (χ4v) is 3.68. The van der Waals surface area contributed by atoms with Gasteiger partial charge in [-0.3, -0.25) is 4.90 Å². The van der Waals surface area contributed by atoms with E-state index < -0.39 is 0 Å². The summed E-state index contributed by atoms with van der Waals surface area (Å²) >= 11 is 7.58. The molecule has 0 saturated carbocycles. The molecule has 0 spiro atoms. The Morgan fingerprint density at radius 3 is 3.12 bits per heavy atom. The molecule has 124 valence electrons. The molecule has 1 saturated heterocycles. The highest BCUT2D eigenvalue weighted by molar-refractivity contribution is 7.13. The van der Waals surface area contributed by atoms with Crippen molar-refractivity contribution >= 4 is 22.9 Å². The highest BCUT2D eigenvalue weighted by Gasteiger charge is 2.26. The van der Waals surface area contributed by atoms with Gasteiger partial charge in [0.2, 0.25) is 0 Å². The van der Waals surface area contributed by atoms with Gasteiger partial charge in [0.1, 0.15) is 10.7 Å². The molecule has 4 rings (SSSR count). The molecule has 1 aliphatic heterocycles.